The fourth-order valence-corrected chi connectivity index (χ4v) is 1.21. The van der Waals surface area contributed by atoms with Gasteiger partial charge in [0.25, 0.3) is 0 Å². The Balaban J connectivity index is 0.00000289. The van der Waals surface area contributed by atoms with Gasteiger partial charge in [0.2, 0.25) is 6.73 Å². The Hall–Kier alpha value is -1.56. The molecule has 0 radical (unpaired) electrons. The van der Waals surface area contributed by atoms with Gasteiger partial charge in [0, 0.05) is 0 Å². The Bertz CT molecular complexity index is 435. The number of carbonyl (C=O) groups is 1. The number of hydrogen-bond acceptors (Lipinski definition) is 4. The van der Waals surface area contributed by atoms with Crippen LogP contribution < -0.4 is 17.0 Å². The highest BCUT2D eigenvalue weighted by atomic mass is 35.5. The van der Waals surface area contributed by atoms with Crippen molar-refractivity contribution >= 4 is 12.2 Å². The van der Waals surface area contributed by atoms with Crippen LogP contribution in [0.15, 0.2) is 17.5 Å². The molecule has 0 saturated carbocycles. The zero-order valence-electron chi connectivity index (χ0n) is 10.9. The van der Waals surface area contributed by atoms with Crippen molar-refractivity contribution in [1.82, 2.24) is 4.57 Å². The molecular formula is C11H18ClN3O3. The summed E-state index contributed by atoms with van der Waals surface area (Å²) in [5.41, 5.74) is -0.527. The van der Waals surface area contributed by atoms with Gasteiger partial charge < -0.3 is 22.4 Å². The Morgan fingerprint density at radius 1 is 1.61 bits per heavy atom. The second-order valence-electron chi connectivity index (χ2n) is 4.79. The Morgan fingerprint density at radius 3 is 2.72 bits per heavy atom. The molecule has 1 aromatic heterocycles. The lowest BCUT2D eigenvalue weighted by Crippen LogP contribution is -3.00. The molecule has 1 rings (SSSR count). The molecular weight excluding hydrogens is 258 g/mol. The van der Waals surface area contributed by atoms with Gasteiger partial charge in [-0.05, 0) is 20.8 Å². The predicted molar refractivity (Wildman–Crippen MR) is 60.5 cm³/mol. The van der Waals surface area contributed by atoms with Gasteiger partial charge in [-0.25, -0.2) is 4.57 Å². The van der Waals surface area contributed by atoms with Crippen LogP contribution in [0.2, 0.25) is 0 Å². The lowest BCUT2D eigenvalue weighted by molar-refractivity contribution is -0.672. The third kappa shape index (κ3) is 4.03. The molecule has 6 nitrogen and oxygen atoms in total. The van der Waals surface area contributed by atoms with E-state index < -0.39 is 5.41 Å². The van der Waals surface area contributed by atoms with Crippen molar-refractivity contribution in [1.29, 1.82) is 0 Å². The number of oxime groups is 1. The zero-order valence-corrected chi connectivity index (χ0v) is 11.7. The minimum Gasteiger partial charge on any atom is -1.00 e. The highest BCUT2D eigenvalue weighted by Gasteiger charge is 2.24. The van der Waals surface area contributed by atoms with Crippen LogP contribution in [0.4, 0.5) is 0 Å². The average Bonchev–Trinajstić information content (AvgIpc) is 2.56. The molecule has 0 atom stereocenters. The number of esters is 1. The molecule has 0 amide bonds. The summed E-state index contributed by atoms with van der Waals surface area (Å²) in [6.07, 6.45) is 4.81. The maximum absolute atomic E-state index is 11.6. The van der Waals surface area contributed by atoms with E-state index in [0.29, 0.717) is 5.82 Å². The second kappa shape index (κ2) is 6.39. The van der Waals surface area contributed by atoms with E-state index in [9.17, 15) is 4.79 Å². The third-order valence-corrected chi connectivity index (χ3v) is 2.25. The zero-order chi connectivity index (χ0) is 13.1. The van der Waals surface area contributed by atoms with Crippen molar-refractivity contribution in [2.45, 2.75) is 27.5 Å². The molecule has 0 bridgehead atoms. The van der Waals surface area contributed by atoms with Crippen molar-refractivity contribution in [2.24, 2.45) is 17.6 Å². The molecule has 0 aliphatic rings. The van der Waals surface area contributed by atoms with Crippen LogP contribution in [0.25, 0.3) is 0 Å². The van der Waals surface area contributed by atoms with Gasteiger partial charge in [-0.15, -0.1) is 0 Å². The number of rotatable bonds is 3. The number of halogens is 1. The van der Waals surface area contributed by atoms with Gasteiger partial charge in [0.15, 0.2) is 6.21 Å². The van der Waals surface area contributed by atoms with E-state index in [-0.39, 0.29) is 25.1 Å². The largest absolute Gasteiger partial charge is 1.00 e. The minimum absolute atomic E-state index is 0. The van der Waals surface area contributed by atoms with Gasteiger partial charge in [-0.3, -0.25) is 4.79 Å². The number of nitrogens with zero attached hydrogens (tertiary/aromatic N) is 3. The van der Waals surface area contributed by atoms with Gasteiger partial charge in [-0.2, -0.15) is 4.57 Å². The molecule has 1 N–H and O–H groups in total. The highest BCUT2D eigenvalue weighted by molar-refractivity contribution is 5.75. The molecule has 1 aromatic rings. The summed E-state index contributed by atoms with van der Waals surface area (Å²) in [6, 6.07) is 0. The SMILES string of the molecule is C[n+]1ccn(COC(=O)C(C)(C)C)c1/C=N\O.[Cl-]. The summed E-state index contributed by atoms with van der Waals surface area (Å²) in [4.78, 5) is 11.6. The fraction of sp³-hybridized carbons (Fsp3) is 0.545. The van der Waals surface area contributed by atoms with Crippen LogP contribution >= 0.6 is 0 Å². The van der Waals surface area contributed by atoms with E-state index in [1.807, 2.05) is 0 Å². The number of carbonyl (C=O) groups excluding carboxylic acids is 1. The molecule has 0 aliphatic heterocycles. The Labute approximate surface area is 112 Å². The van der Waals surface area contributed by atoms with E-state index in [1.165, 1.54) is 6.21 Å². The van der Waals surface area contributed by atoms with Crippen molar-refractivity contribution in [3.63, 3.8) is 0 Å². The van der Waals surface area contributed by atoms with Crippen LogP contribution in [-0.2, 0) is 23.3 Å². The summed E-state index contributed by atoms with van der Waals surface area (Å²) < 4.78 is 8.58. The van der Waals surface area contributed by atoms with Gasteiger partial charge in [-0.1, -0.05) is 5.16 Å². The van der Waals surface area contributed by atoms with Crippen LogP contribution in [0.3, 0.4) is 0 Å². The molecule has 7 heteroatoms. The van der Waals surface area contributed by atoms with Crippen LogP contribution in [0, 0.1) is 5.41 Å². The van der Waals surface area contributed by atoms with Crippen molar-refractivity contribution in [3.8, 4) is 0 Å². The number of aryl methyl sites for hydroxylation is 1. The summed E-state index contributed by atoms with van der Waals surface area (Å²) in [6.45, 7) is 5.47. The molecule has 0 unspecified atom stereocenters. The average molecular weight is 276 g/mol. The lowest BCUT2D eigenvalue weighted by atomic mass is 9.98. The molecule has 1 heterocycles. The number of aromatic nitrogens is 2. The molecule has 102 valence electrons. The second-order valence-corrected chi connectivity index (χ2v) is 4.79. The van der Waals surface area contributed by atoms with E-state index in [4.69, 9.17) is 9.94 Å². The number of imidazole rings is 1. The number of hydrogen-bond donors (Lipinski definition) is 1. The normalized spacial score (nSPS) is 11.3. The fourth-order valence-electron chi connectivity index (χ4n) is 1.21. The maximum Gasteiger partial charge on any atom is 0.314 e. The van der Waals surface area contributed by atoms with Crippen molar-refractivity contribution in [3.05, 3.63) is 18.2 Å². The van der Waals surface area contributed by atoms with Gasteiger partial charge in [0.1, 0.15) is 12.4 Å². The molecule has 0 fully saturated rings. The summed E-state index contributed by atoms with van der Waals surface area (Å²) in [5, 5.41) is 11.5. The van der Waals surface area contributed by atoms with Crippen molar-refractivity contribution in [2.75, 3.05) is 0 Å². The molecule has 18 heavy (non-hydrogen) atoms. The lowest BCUT2D eigenvalue weighted by Gasteiger charge is -2.15. The van der Waals surface area contributed by atoms with E-state index in [0.717, 1.165) is 0 Å². The first kappa shape index (κ1) is 16.4. The highest BCUT2D eigenvalue weighted by Crippen LogP contribution is 2.15. The van der Waals surface area contributed by atoms with Crippen LogP contribution in [0.1, 0.15) is 26.6 Å². The first-order chi connectivity index (χ1) is 7.86. The van der Waals surface area contributed by atoms with Crippen LogP contribution in [0.5, 0.6) is 0 Å². The van der Waals surface area contributed by atoms with E-state index in [2.05, 4.69) is 5.16 Å². The summed E-state index contributed by atoms with van der Waals surface area (Å²) in [7, 11) is 1.80. The monoisotopic (exact) mass is 275 g/mol. The van der Waals surface area contributed by atoms with E-state index >= 15 is 0 Å². The Morgan fingerprint density at radius 2 is 2.22 bits per heavy atom. The van der Waals surface area contributed by atoms with Gasteiger partial charge >= 0.3 is 11.8 Å². The predicted octanol–water partition coefficient (Wildman–Crippen LogP) is -2.33. The first-order valence-corrected chi connectivity index (χ1v) is 5.25. The summed E-state index contributed by atoms with van der Waals surface area (Å²) in [5.74, 6) is 0.356. The molecule has 0 spiro atoms. The third-order valence-electron chi connectivity index (χ3n) is 2.25. The standard InChI is InChI=1S/C11H17N3O3.ClH/c1-11(2,3)10(15)17-8-14-6-5-13(4)9(14)7-12-16;/h5-7H,8H2,1-4H3;1H. The van der Waals surface area contributed by atoms with E-state index in [1.54, 1.807) is 49.3 Å². The van der Waals surface area contributed by atoms with Gasteiger partial charge in [0.05, 0.1) is 12.5 Å². The quantitative estimate of drug-likeness (QED) is 0.221. The van der Waals surface area contributed by atoms with Crippen LogP contribution in [-0.4, -0.2) is 22.0 Å². The maximum atomic E-state index is 11.6. The number of ether oxygens (including phenoxy) is 1. The molecule has 0 aliphatic carbocycles. The smallest absolute Gasteiger partial charge is 0.314 e. The first-order valence-electron chi connectivity index (χ1n) is 5.25. The molecule has 0 aromatic carbocycles. The minimum atomic E-state index is -0.527. The summed E-state index contributed by atoms with van der Waals surface area (Å²) >= 11 is 0. The topological polar surface area (TPSA) is 67.7 Å². The van der Waals surface area contributed by atoms with Crippen molar-refractivity contribution < 1.29 is 31.7 Å². The molecule has 0 saturated heterocycles. The Kier molecular flexibility index (Phi) is 5.84.